The van der Waals surface area contributed by atoms with Crippen molar-refractivity contribution in [2.75, 3.05) is 40.0 Å². The van der Waals surface area contributed by atoms with E-state index in [1.807, 2.05) is 18.2 Å². The largest absolute Gasteiger partial charge is 0.491 e. The fourth-order valence-corrected chi connectivity index (χ4v) is 2.32. The van der Waals surface area contributed by atoms with Gasteiger partial charge in [0.25, 0.3) is 0 Å². The average molecular weight is 317 g/mol. The van der Waals surface area contributed by atoms with Crippen molar-refractivity contribution in [3.63, 3.8) is 0 Å². The number of β-amino-alcohol motifs (C(OH)–C–C–N with tert-alkyl or cyclic N) is 1. The minimum Gasteiger partial charge on any atom is -0.491 e. The van der Waals surface area contributed by atoms with E-state index in [0.29, 0.717) is 25.7 Å². The van der Waals surface area contributed by atoms with Gasteiger partial charge in [-0.1, -0.05) is 12.1 Å². The Labute approximate surface area is 132 Å². The summed E-state index contributed by atoms with van der Waals surface area (Å²) in [7, 11) is 1.66. The van der Waals surface area contributed by atoms with Gasteiger partial charge in [0.1, 0.15) is 12.4 Å². The minimum atomic E-state index is -0.230. The number of ether oxygens (including phenoxy) is 2. The summed E-state index contributed by atoms with van der Waals surface area (Å²) in [5, 5.41) is 16.3. The molecule has 3 N–H and O–H groups in total. The number of methoxy groups -OCH3 is 1. The predicted octanol–water partition coefficient (Wildman–Crippen LogP) is 0.804. The third-order valence-corrected chi connectivity index (χ3v) is 3.49. The minimum absolute atomic E-state index is 0. The van der Waals surface area contributed by atoms with Crippen LogP contribution in [0.15, 0.2) is 24.3 Å². The lowest BCUT2D eigenvalue weighted by molar-refractivity contribution is 0.145. The van der Waals surface area contributed by atoms with Crippen molar-refractivity contribution in [3.05, 3.63) is 29.8 Å². The summed E-state index contributed by atoms with van der Waals surface area (Å²) in [5.41, 5.74) is 1.18. The third kappa shape index (κ3) is 6.20. The second-order valence-corrected chi connectivity index (χ2v) is 5.11. The van der Waals surface area contributed by atoms with Crippen LogP contribution in [0.2, 0.25) is 0 Å². The molecule has 0 aliphatic carbocycles. The van der Waals surface area contributed by atoms with E-state index in [1.54, 1.807) is 7.11 Å². The first-order chi connectivity index (χ1) is 9.79. The third-order valence-electron chi connectivity index (χ3n) is 3.49. The van der Waals surface area contributed by atoms with Crippen LogP contribution in [0.3, 0.4) is 0 Å². The Morgan fingerprint density at radius 2 is 2.19 bits per heavy atom. The van der Waals surface area contributed by atoms with Gasteiger partial charge in [-0.15, -0.1) is 12.4 Å². The number of nitrogens with one attached hydrogen (secondary N) is 2. The molecule has 6 heteroatoms. The van der Waals surface area contributed by atoms with Crippen molar-refractivity contribution in [1.82, 2.24) is 10.6 Å². The number of hydrogen-bond donors (Lipinski definition) is 3. The van der Waals surface area contributed by atoms with Crippen molar-refractivity contribution in [2.45, 2.75) is 12.6 Å². The van der Waals surface area contributed by atoms with Crippen LogP contribution < -0.4 is 15.4 Å². The fraction of sp³-hybridized carbons (Fsp3) is 0.600. The highest BCUT2D eigenvalue weighted by Crippen LogP contribution is 2.13. The monoisotopic (exact) mass is 316 g/mol. The van der Waals surface area contributed by atoms with Gasteiger partial charge in [-0.05, 0) is 17.7 Å². The molecular weight excluding hydrogens is 292 g/mol. The van der Waals surface area contributed by atoms with E-state index in [1.165, 1.54) is 5.56 Å². The molecule has 0 spiro atoms. The zero-order valence-electron chi connectivity index (χ0n) is 12.4. The molecule has 1 heterocycles. The van der Waals surface area contributed by atoms with Crippen LogP contribution in [0, 0.1) is 5.92 Å². The Morgan fingerprint density at radius 3 is 2.90 bits per heavy atom. The van der Waals surface area contributed by atoms with Gasteiger partial charge in [-0.2, -0.15) is 0 Å². The van der Waals surface area contributed by atoms with Crippen LogP contribution in [-0.4, -0.2) is 51.2 Å². The van der Waals surface area contributed by atoms with E-state index in [0.717, 1.165) is 25.4 Å². The van der Waals surface area contributed by atoms with Crippen molar-refractivity contribution < 1.29 is 14.6 Å². The van der Waals surface area contributed by atoms with Crippen molar-refractivity contribution >= 4 is 12.4 Å². The van der Waals surface area contributed by atoms with Crippen LogP contribution >= 0.6 is 12.4 Å². The number of halogens is 1. The van der Waals surface area contributed by atoms with Gasteiger partial charge in [0.05, 0.1) is 12.7 Å². The number of aliphatic hydroxyl groups is 1. The standard InChI is InChI=1S/C15H24N2O3.ClH/c1-19-5-6-20-14-4-2-3-12(7-14)8-16-9-13-10-17-11-15(13)18;/h2-4,7,13,15-18H,5-6,8-11H2,1H3;1H. The lowest BCUT2D eigenvalue weighted by Gasteiger charge is -2.14. The second kappa shape index (κ2) is 9.97. The van der Waals surface area contributed by atoms with E-state index in [2.05, 4.69) is 16.7 Å². The molecule has 2 rings (SSSR count). The summed E-state index contributed by atoms with van der Waals surface area (Å²) in [6.07, 6.45) is -0.230. The maximum absolute atomic E-state index is 9.72. The summed E-state index contributed by atoms with van der Waals surface area (Å²) in [4.78, 5) is 0. The van der Waals surface area contributed by atoms with Crippen molar-refractivity contribution in [2.24, 2.45) is 5.92 Å². The van der Waals surface area contributed by atoms with Gasteiger partial charge >= 0.3 is 0 Å². The Hall–Kier alpha value is -0.850. The summed E-state index contributed by atoms with van der Waals surface area (Å²) >= 11 is 0. The molecule has 1 aromatic carbocycles. The van der Waals surface area contributed by atoms with Crippen LogP contribution in [0.1, 0.15) is 5.56 Å². The Bertz CT molecular complexity index is 406. The molecule has 1 aliphatic heterocycles. The van der Waals surface area contributed by atoms with Crippen LogP contribution in [-0.2, 0) is 11.3 Å². The van der Waals surface area contributed by atoms with Gasteiger partial charge in [-0.3, -0.25) is 0 Å². The van der Waals surface area contributed by atoms with Crippen LogP contribution in [0.5, 0.6) is 5.75 Å². The molecule has 1 aliphatic rings. The van der Waals surface area contributed by atoms with Gasteiger partial charge in [0.2, 0.25) is 0 Å². The van der Waals surface area contributed by atoms with E-state index in [-0.39, 0.29) is 18.5 Å². The quantitative estimate of drug-likeness (QED) is 0.619. The Balaban J connectivity index is 0.00000220. The zero-order valence-corrected chi connectivity index (χ0v) is 13.2. The fourth-order valence-electron chi connectivity index (χ4n) is 2.32. The molecule has 1 aromatic rings. The molecular formula is C15H25ClN2O3. The molecule has 0 amide bonds. The molecule has 120 valence electrons. The molecule has 1 saturated heterocycles. The van der Waals surface area contributed by atoms with E-state index < -0.39 is 0 Å². The molecule has 21 heavy (non-hydrogen) atoms. The lowest BCUT2D eigenvalue weighted by atomic mass is 10.1. The summed E-state index contributed by atoms with van der Waals surface area (Å²) in [5.74, 6) is 1.17. The van der Waals surface area contributed by atoms with Crippen LogP contribution in [0.4, 0.5) is 0 Å². The number of aliphatic hydroxyl groups excluding tert-OH is 1. The highest BCUT2D eigenvalue weighted by molar-refractivity contribution is 5.85. The first-order valence-electron chi connectivity index (χ1n) is 7.10. The van der Waals surface area contributed by atoms with Gasteiger partial charge in [-0.25, -0.2) is 0 Å². The van der Waals surface area contributed by atoms with Gasteiger partial charge < -0.3 is 25.2 Å². The SMILES string of the molecule is COCCOc1cccc(CNCC2CNCC2O)c1.Cl. The summed E-state index contributed by atoms with van der Waals surface area (Å²) in [6, 6.07) is 8.04. The summed E-state index contributed by atoms with van der Waals surface area (Å²) < 4.78 is 10.5. The molecule has 5 nitrogen and oxygen atoms in total. The molecule has 1 fully saturated rings. The van der Waals surface area contributed by atoms with E-state index >= 15 is 0 Å². The highest BCUT2D eigenvalue weighted by atomic mass is 35.5. The highest BCUT2D eigenvalue weighted by Gasteiger charge is 2.23. The average Bonchev–Trinajstić information content (AvgIpc) is 2.85. The number of rotatable bonds is 8. The summed E-state index contributed by atoms with van der Waals surface area (Å²) in [6.45, 7) is 4.35. The normalized spacial score (nSPS) is 21.0. The van der Waals surface area contributed by atoms with E-state index in [4.69, 9.17) is 9.47 Å². The predicted molar refractivity (Wildman–Crippen MR) is 85.1 cm³/mol. The molecule has 0 aromatic heterocycles. The first-order valence-corrected chi connectivity index (χ1v) is 7.10. The van der Waals surface area contributed by atoms with Crippen molar-refractivity contribution in [3.8, 4) is 5.75 Å². The van der Waals surface area contributed by atoms with Gasteiger partial charge in [0.15, 0.2) is 0 Å². The maximum atomic E-state index is 9.72. The Kier molecular flexibility index (Phi) is 8.64. The molecule has 2 atom stereocenters. The topological polar surface area (TPSA) is 62.8 Å². The first kappa shape index (κ1) is 18.2. The molecule has 2 unspecified atom stereocenters. The molecule has 0 saturated carbocycles. The molecule has 0 radical (unpaired) electrons. The van der Waals surface area contributed by atoms with Crippen LogP contribution in [0.25, 0.3) is 0 Å². The number of hydrogen-bond acceptors (Lipinski definition) is 5. The maximum Gasteiger partial charge on any atom is 0.119 e. The lowest BCUT2D eigenvalue weighted by Crippen LogP contribution is -2.30. The second-order valence-electron chi connectivity index (χ2n) is 5.11. The van der Waals surface area contributed by atoms with Gasteiger partial charge in [0, 0.05) is 39.2 Å². The molecule has 0 bridgehead atoms. The zero-order chi connectivity index (χ0) is 14.2. The number of benzene rings is 1. The van der Waals surface area contributed by atoms with Crippen molar-refractivity contribution in [1.29, 1.82) is 0 Å². The smallest absolute Gasteiger partial charge is 0.119 e. The Morgan fingerprint density at radius 1 is 1.33 bits per heavy atom. The van der Waals surface area contributed by atoms with E-state index in [9.17, 15) is 5.11 Å².